The van der Waals surface area contributed by atoms with E-state index in [1.165, 1.54) is 11.1 Å². The summed E-state index contributed by atoms with van der Waals surface area (Å²) in [5.74, 6) is 1.48. The van der Waals surface area contributed by atoms with E-state index in [9.17, 15) is 0 Å². The minimum Gasteiger partial charge on any atom is -0.378 e. The van der Waals surface area contributed by atoms with Crippen molar-refractivity contribution in [2.45, 2.75) is 52.2 Å². The molecule has 30 heavy (non-hydrogen) atoms. The molecule has 1 aromatic heterocycles. The zero-order chi connectivity index (χ0) is 20.9. The molecule has 4 nitrogen and oxygen atoms in total. The lowest BCUT2D eigenvalue weighted by Gasteiger charge is -2.39. The largest absolute Gasteiger partial charge is 0.378 e. The van der Waals surface area contributed by atoms with Crippen LogP contribution in [0.5, 0.6) is 0 Å². The Hall–Kier alpha value is -1.88. The molecule has 0 radical (unpaired) electrons. The Labute approximate surface area is 185 Å². The van der Waals surface area contributed by atoms with Gasteiger partial charge in [0.15, 0.2) is 5.15 Å². The van der Waals surface area contributed by atoms with Gasteiger partial charge in [-0.05, 0) is 31.2 Å². The van der Waals surface area contributed by atoms with Crippen LogP contribution in [0.1, 0.15) is 37.4 Å². The maximum absolute atomic E-state index is 6.77. The molecule has 2 aliphatic rings. The lowest BCUT2D eigenvalue weighted by Crippen LogP contribution is -2.48. The Morgan fingerprint density at radius 2 is 2.10 bits per heavy atom. The van der Waals surface area contributed by atoms with E-state index < -0.39 is 0 Å². The fraction of sp³-hybridized carbons (Fsp3) is 0.480. The summed E-state index contributed by atoms with van der Waals surface area (Å²) in [6.45, 7) is 8.59. The first kappa shape index (κ1) is 21.4. The molecule has 0 N–H and O–H groups in total. The molecule has 0 bridgehead atoms. The number of morpholine rings is 1. The lowest BCUT2D eigenvalue weighted by atomic mass is 9.91. The molecule has 1 fully saturated rings. The number of unbranched alkanes of at least 4 members (excludes halogenated alkanes) is 1. The molecule has 5 heteroatoms. The summed E-state index contributed by atoms with van der Waals surface area (Å²) in [7, 11) is 0. The van der Waals surface area contributed by atoms with Crippen LogP contribution in [-0.4, -0.2) is 40.3 Å². The van der Waals surface area contributed by atoms with Crippen LogP contribution in [0.25, 0.3) is 11.4 Å². The van der Waals surface area contributed by atoms with Gasteiger partial charge in [0.1, 0.15) is 5.82 Å². The van der Waals surface area contributed by atoms with Crippen molar-refractivity contribution >= 4 is 11.6 Å². The molecule has 0 amide bonds. The van der Waals surface area contributed by atoms with E-state index >= 15 is 0 Å². The van der Waals surface area contributed by atoms with Crippen molar-refractivity contribution in [1.82, 2.24) is 14.5 Å². The molecule has 160 valence electrons. The molecular weight excluding hydrogens is 394 g/mol. The van der Waals surface area contributed by atoms with Crippen LogP contribution < -0.4 is 0 Å². The maximum atomic E-state index is 6.77. The van der Waals surface area contributed by atoms with Crippen molar-refractivity contribution in [2.75, 3.05) is 19.8 Å². The molecule has 4 rings (SSSR count). The fourth-order valence-electron chi connectivity index (χ4n) is 4.52. The third kappa shape index (κ3) is 4.56. The van der Waals surface area contributed by atoms with Crippen LogP contribution in [0, 0.1) is 12.8 Å². The van der Waals surface area contributed by atoms with E-state index in [4.69, 9.17) is 21.3 Å². The van der Waals surface area contributed by atoms with Gasteiger partial charge < -0.3 is 9.30 Å². The highest BCUT2D eigenvalue weighted by molar-refractivity contribution is 6.30. The van der Waals surface area contributed by atoms with Gasteiger partial charge in [0.25, 0.3) is 0 Å². The average Bonchev–Trinajstić information content (AvgIpc) is 3.08. The van der Waals surface area contributed by atoms with Crippen molar-refractivity contribution in [3.8, 4) is 11.4 Å². The minimum absolute atomic E-state index is 0.368. The molecule has 1 unspecified atom stereocenters. The quantitative estimate of drug-likeness (QED) is 0.574. The second-order valence-corrected chi connectivity index (χ2v) is 8.68. The molecule has 2 atom stereocenters. The summed E-state index contributed by atoms with van der Waals surface area (Å²) >= 11 is 6.77. The van der Waals surface area contributed by atoms with Gasteiger partial charge in [0.2, 0.25) is 0 Å². The summed E-state index contributed by atoms with van der Waals surface area (Å²) < 4.78 is 8.22. The van der Waals surface area contributed by atoms with E-state index in [0.29, 0.717) is 17.1 Å². The normalized spacial score (nSPS) is 22.0. The number of ether oxygens (including phenoxy) is 1. The van der Waals surface area contributed by atoms with E-state index in [0.717, 1.165) is 63.6 Å². The Kier molecular flexibility index (Phi) is 7.08. The van der Waals surface area contributed by atoms with Crippen molar-refractivity contribution in [3.63, 3.8) is 0 Å². The number of hydrogen-bond donors (Lipinski definition) is 0. The topological polar surface area (TPSA) is 30.3 Å². The van der Waals surface area contributed by atoms with E-state index in [1.54, 1.807) is 0 Å². The number of imidazole rings is 1. The zero-order valence-corrected chi connectivity index (χ0v) is 18.8. The highest BCUT2D eigenvalue weighted by atomic mass is 35.5. The Morgan fingerprint density at radius 1 is 1.23 bits per heavy atom. The van der Waals surface area contributed by atoms with Crippen LogP contribution >= 0.6 is 11.6 Å². The first-order chi connectivity index (χ1) is 14.7. The number of aromatic nitrogens is 2. The molecule has 0 saturated carbocycles. The van der Waals surface area contributed by atoms with Gasteiger partial charge in [-0.25, -0.2) is 4.98 Å². The fourth-order valence-corrected chi connectivity index (χ4v) is 4.76. The Bertz CT molecular complexity index is 917. The summed E-state index contributed by atoms with van der Waals surface area (Å²) in [5, 5.41) is 0.633. The third-order valence-corrected chi connectivity index (χ3v) is 6.59. The van der Waals surface area contributed by atoms with Crippen molar-refractivity contribution < 1.29 is 4.74 Å². The second kappa shape index (κ2) is 9.95. The highest BCUT2D eigenvalue weighted by Crippen LogP contribution is 2.31. The molecule has 1 aliphatic carbocycles. The average molecular weight is 426 g/mol. The lowest BCUT2D eigenvalue weighted by molar-refractivity contribution is -0.0274. The molecule has 1 aliphatic heterocycles. The summed E-state index contributed by atoms with van der Waals surface area (Å²) in [4.78, 5) is 7.39. The highest BCUT2D eigenvalue weighted by Gasteiger charge is 2.31. The van der Waals surface area contributed by atoms with Crippen molar-refractivity contribution in [1.29, 1.82) is 0 Å². The number of aryl methyl sites for hydroxylation is 1. The Morgan fingerprint density at radius 3 is 2.87 bits per heavy atom. The molecule has 2 aromatic rings. The monoisotopic (exact) mass is 425 g/mol. The van der Waals surface area contributed by atoms with Crippen molar-refractivity contribution in [2.24, 2.45) is 5.92 Å². The summed E-state index contributed by atoms with van der Waals surface area (Å²) in [5.41, 5.74) is 3.53. The molecule has 1 saturated heterocycles. The van der Waals surface area contributed by atoms with Gasteiger partial charge in [-0.3, -0.25) is 4.90 Å². The number of nitrogens with zero attached hydrogens (tertiary/aromatic N) is 3. The van der Waals surface area contributed by atoms with Crippen LogP contribution in [0.4, 0.5) is 0 Å². The predicted molar refractivity (Wildman–Crippen MR) is 124 cm³/mol. The molecular formula is C25H32ClN3O. The standard InChI is InChI=1S/C25H32ClN3O/c1-3-4-14-29-22(24(26)27-25(29)21-13-9-8-10-19(21)2)17-28-15-16-30-18-23(28)20-11-6-5-7-12-20/h5-11,13,20,23H,3-4,12,14-18H2,1-2H3/t20?,23-/m0/s1. The van der Waals surface area contributed by atoms with Gasteiger partial charge in [-0.1, -0.05) is 73.5 Å². The Balaban J connectivity index is 1.66. The smallest absolute Gasteiger partial charge is 0.152 e. The minimum atomic E-state index is 0.368. The van der Waals surface area contributed by atoms with Gasteiger partial charge in [0, 0.05) is 31.2 Å². The van der Waals surface area contributed by atoms with Gasteiger partial charge in [-0.2, -0.15) is 0 Å². The first-order valence-corrected chi connectivity index (χ1v) is 11.5. The predicted octanol–water partition coefficient (Wildman–Crippen LogP) is 5.65. The van der Waals surface area contributed by atoms with Crippen LogP contribution in [-0.2, 0) is 17.8 Å². The van der Waals surface area contributed by atoms with Crippen molar-refractivity contribution in [3.05, 3.63) is 65.0 Å². The summed E-state index contributed by atoms with van der Waals surface area (Å²) in [6, 6.07) is 8.81. The number of allylic oxidation sites excluding steroid dienone is 3. The van der Waals surface area contributed by atoms with Crippen LogP contribution in [0.2, 0.25) is 5.15 Å². The van der Waals surface area contributed by atoms with E-state index in [-0.39, 0.29) is 0 Å². The van der Waals surface area contributed by atoms with Gasteiger partial charge >= 0.3 is 0 Å². The summed E-state index contributed by atoms with van der Waals surface area (Å²) in [6.07, 6.45) is 12.2. The zero-order valence-electron chi connectivity index (χ0n) is 18.1. The molecule has 0 spiro atoms. The number of hydrogen-bond acceptors (Lipinski definition) is 3. The number of benzene rings is 1. The SMILES string of the molecule is CCCCn1c(-c2ccccc2C)nc(Cl)c1CN1CCOC[C@H]1C1C=CC=CC1. The maximum Gasteiger partial charge on any atom is 0.152 e. The van der Waals surface area contributed by atoms with Crippen LogP contribution in [0.15, 0.2) is 48.6 Å². The second-order valence-electron chi connectivity index (χ2n) is 8.32. The van der Waals surface area contributed by atoms with Crippen LogP contribution in [0.3, 0.4) is 0 Å². The number of halogens is 1. The van der Waals surface area contributed by atoms with E-state index in [1.807, 2.05) is 0 Å². The number of rotatable bonds is 7. The molecule has 1 aromatic carbocycles. The first-order valence-electron chi connectivity index (χ1n) is 11.1. The molecule has 2 heterocycles. The van der Waals surface area contributed by atoms with E-state index in [2.05, 4.69) is 71.9 Å². The van der Waals surface area contributed by atoms with Gasteiger partial charge in [0.05, 0.1) is 18.9 Å². The third-order valence-electron chi connectivity index (χ3n) is 6.29. The van der Waals surface area contributed by atoms with Gasteiger partial charge in [-0.15, -0.1) is 0 Å².